The second-order valence-electron chi connectivity index (χ2n) is 7.08. The monoisotopic (exact) mass is 305 g/mol. The molecule has 1 aliphatic heterocycles. The van der Waals surface area contributed by atoms with Gasteiger partial charge in [-0.1, -0.05) is 6.92 Å². The van der Waals surface area contributed by atoms with Crippen molar-refractivity contribution in [2.24, 2.45) is 0 Å². The van der Waals surface area contributed by atoms with Crippen LogP contribution in [0.25, 0.3) is 0 Å². The molecule has 5 heteroatoms. The molecule has 0 saturated carbocycles. The van der Waals surface area contributed by atoms with Gasteiger partial charge in [0.15, 0.2) is 0 Å². The normalized spacial score (nSPS) is 23.8. The fraction of sp³-hybridized carbons (Fsp3) is 0.647. The van der Waals surface area contributed by atoms with Gasteiger partial charge in [0, 0.05) is 12.4 Å². The van der Waals surface area contributed by atoms with E-state index in [2.05, 4.69) is 36.4 Å². The topological polar surface area (TPSA) is 63.2 Å². The molecule has 1 aliphatic rings. The molecule has 1 aromatic heterocycles. The molecular formula is C17H27N3O2. The van der Waals surface area contributed by atoms with Gasteiger partial charge in [-0.2, -0.15) is 0 Å². The quantitative estimate of drug-likeness (QED) is 0.898. The Hall–Kier alpha value is -1.62. The van der Waals surface area contributed by atoms with Crippen LogP contribution in [0.1, 0.15) is 59.1 Å². The lowest BCUT2D eigenvalue weighted by atomic mass is 9.94. The molecule has 0 unspecified atom stereocenters. The van der Waals surface area contributed by atoms with Gasteiger partial charge in [0.2, 0.25) is 0 Å². The van der Waals surface area contributed by atoms with Gasteiger partial charge in [-0.05, 0) is 58.2 Å². The van der Waals surface area contributed by atoms with E-state index in [1.54, 1.807) is 12.4 Å². The Balaban J connectivity index is 1.98. The van der Waals surface area contributed by atoms with E-state index in [1.807, 2.05) is 26.0 Å². The van der Waals surface area contributed by atoms with Gasteiger partial charge < -0.3 is 15.4 Å². The first-order valence-electron chi connectivity index (χ1n) is 7.90. The van der Waals surface area contributed by atoms with Crippen molar-refractivity contribution in [2.45, 2.75) is 70.7 Å². The Morgan fingerprint density at radius 1 is 1.36 bits per heavy atom. The van der Waals surface area contributed by atoms with Crippen LogP contribution in [0.2, 0.25) is 0 Å². The van der Waals surface area contributed by atoms with Crippen LogP contribution in [0.5, 0.6) is 0 Å². The van der Waals surface area contributed by atoms with Crippen molar-refractivity contribution in [1.29, 1.82) is 0 Å². The Labute approximate surface area is 132 Å². The third-order valence-electron chi connectivity index (χ3n) is 4.20. The summed E-state index contributed by atoms with van der Waals surface area (Å²) in [6, 6.07) is 3.70. The maximum absolute atomic E-state index is 12.3. The van der Waals surface area contributed by atoms with Crippen LogP contribution >= 0.6 is 0 Å². The number of amides is 2. The summed E-state index contributed by atoms with van der Waals surface area (Å²) in [5, 5.41) is 6.11. The molecule has 122 valence electrons. The smallest absolute Gasteiger partial charge is 0.315 e. The average Bonchev–Trinajstić information content (AvgIpc) is 2.64. The van der Waals surface area contributed by atoms with Crippen LogP contribution in [0, 0.1) is 0 Å². The van der Waals surface area contributed by atoms with E-state index in [9.17, 15) is 4.79 Å². The molecule has 0 aliphatic carbocycles. The summed E-state index contributed by atoms with van der Waals surface area (Å²) < 4.78 is 6.01. The van der Waals surface area contributed by atoms with E-state index < -0.39 is 0 Å². The minimum atomic E-state index is -0.362. The zero-order chi connectivity index (χ0) is 16.4. The number of carbonyl (C=O) groups is 1. The maximum atomic E-state index is 12.3. The van der Waals surface area contributed by atoms with Crippen molar-refractivity contribution in [3.05, 3.63) is 30.1 Å². The molecule has 0 radical (unpaired) electrons. The fourth-order valence-corrected chi connectivity index (χ4v) is 3.16. The summed E-state index contributed by atoms with van der Waals surface area (Å²) in [4.78, 5) is 16.4. The van der Waals surface area contributed by atoms with Gasteiger partial charge in [0.1, 0.15) is 0 Å². The zero-order valence-electron chi connectivity index (χ0n) is 14.1. The fourth-order valence-electron chi connectivity index (χ4n) is 3.16. The summed E-state index contributed by atoms with van der Waals surface area (Å²) >= 11 is 0. The summed E-state index contributed by atoms with van der Waals surface area (Å²) in [6.45, 7) is 10.2. The van der Waals surface area contributed by atoms with E-state index in [0.29, 0.717) is 0 Å². The number of nitrogens with zero attached hydrogens (tertiary/aromatic N) is 1. The lowest BCUT2D eigenvalue weighted by molar-refractivity contribution is -0.0690. The van der Waals surface area contributed by atoms with Crippen LogP contribution in [-0.4, -0.2) is 28.3 Å². The molecule has 2 N–H and O–H groups in total. The molecule has 1 fully saturated rings. The molecule has 2 rings (SSSR count). The minimum Gasteiger partial charge on any atom is -0.367 e. The Kier molecular flexibility index (Phi) is 4.75. The number of urea groups is 1. The molecule has 0 bridgehead atoms. The molecule has 2 atom stereocenters. The number of hydrogen-bond acceptors (Lipinski definition) is 3. The standard InChI is InChI=1S/C17H27N3O2/c1-6-13(12-7-9-18-10-8-12)19-15(21)20-14-11-16(2,3)22-17(14,4)5/h7-10,13-14H,6,11H2,1-5H3,(H2,19,20,21)/t13-,14-/m1/s1. The van der Waals surface area contributed by atoms with E-state index in [0.717, 1.165) is 18.4 Å². The highest BCUT2D eigenvalue weighted by molar-refractivity contribution is 5.75. The maximum Gasteiger partial charge on any atom is 0.315 e. The van der Waals surface area contributed by atoms with Gasteiger partial charge >= 0.3 is 6.03 Å². The first kappa shape index (κ1) is 16.7. The molecule has 5 nitrogen and oxygen atoms in total. The number of nitrogens with one attached hydrogen (secondary N) is 2. The van der Waals surface area contributed by atoms with Crippen LogP contribution in [0.4, 0.5) is 4.79 Å². The molecule has 2 heterocycles. The average molecular weight is 305 g/mol. The van der Waals surface area contributed by atoms with Crippen molar-refractivity contribution in [2.75, 3.05) is 0 Å². The Bertz CT molecular complexity index is 514. The number of ether oxygens (including phenoxy) is 1. The lowest BCUT2D eigenvalue weighted by Gasteiger charge is -2.28. The first-order chi connectivity index (χ1) is 10.2. The molecule has 1 aromatic rings. The lowest BCUT2D eigenvalue weighted by Crippen LogP contribution is -2.50. The number of hydrogen-bond donors (Lipinski definition) is 2. The van der Waals surface area contributed by atoms with Crippen molar-refractivity contribution in [3.63, 3.8) is 0 Å². The highest BCUT2D eigenvalue weighted by Crippen LogP contribution is 2.37. The molecule has 2 amide bonds. The molecular weight excluding hydrogens is 278 g/mol. The van der Waals surface area contributed by atoms with Gasteiger partial charge in [-0.15, -0.1) is 0 Å². The minimum absolute atomic E-state index is 0.00236. The van der Waals surface area contributed by atoms with E-state index >= 15 is 0 Å². The second-order valence-corrected chi connectivity index (χ2v) is 7.08. The number of aromatic nitrogens is 1. The third-order valence-corrected chi connectivity index (χ3v) is 4.20. The van der Waals surface area contributed by atoms with Gasteiger partial charge in [-0.3, -0.25) is 4.98 Å². The molecule has 0 spiro atoms. The van der Waals surface area contributed by atoms with Crippen LogP contribution in [-0.2, 0) is 4.74 Å². The summed E-state index contributed by atoms with van der Waals surface area (Å²) in [6.07, 6.45) is 5.12. The van der Waals surface area contributed by atoms with Crippen LogP contribution in [0.15, 0.2) is 24.5 Å². The predicted octanol–water partition coefficient (Wildman–Crippen LogP) is 3.18. The van der Waals surface area contributed by atoms with E-state index in [1.165, 1.54) is 0 Å². The number of pyridine rings is 1. The highest BCUT2D eigenvalue weighted by atomic mass is 16.5. The van der Waals surface area contributed by atoms with Crippen molar-refractivity contribution in [3.8, 4) is 0 Å². The molecule has 0 aromatic carbocycles. The third kappa shape index (κ3) is 3.97. The molecule has 22 heavy (non-hydrogen) atoms. The molecule has 1 saturated heterocycles. The number of carbonyl (C=O) groups excluding carboxylic acids is 1. The largest absolute Gasteiger partial charge is 0.367 e. The van der Waals surface area contributed by atoms with E-state index in [-0.39, 0.29) is 29.3 Å². The zero-order valence-corrected chi connectivity index (χ0v) is 14.1. The van der Waals surface area contributed by atoms with Crippen LogP contribution in [0.3, 0.4) is 0 Å². The van der Waals surface area contributed by atoms with E-state index in [4.69, 9.17) is 4.74 Å². The SMILES string of the molecule is CC[C@@H](NC(=O)N[C@@H]1CC(C)(C)OC1(C)C)c1ccncc1. The van der Waals surface area contributed by atoms with Gasteiger partial charge in [0.05, 0.1) is 23.3 Å². The Morgan fingerprint density at radius 2 is 2.00 bits per heavy atom. The summed E-state index contributed by atoms with van der Waals surface area (Å²) in [7, 11) is 0. The predicted molar refractivity (Wildman–Crippen MR) is 86.6 cm³/mol. The first-order valence-corrected chi connectivity index (χ1v) is 7.90. The van der Waals surface area contributed by atoms with Gasteiger partial charge in [0.25, 0.3) is 0 Å². The van der Waals surface area contributed by atoms with Crippen molar-refractivity contribution < 1.29 is 9.53 Å². The summed E-state index contributed by atoms with van der Waals surface area (Å²) in [5.41, 5.74) is 0.491. The second kappa shape index (κ2) is 6.24. The highest BCUT2D eigenvalue weighted by Gasteiger charge is 2.46. The number of rotatable bonds is 4. The van der Waals surface area contributed by atoms with Crippen molar-refractivity contribution in [1.82, 2.24) is 15.6 Å². The van der Waals surface area contributed by atoms with Crippen LogP contribution < -0.4 is 10.6 Å². The Morgan fingerprint density at radius 3 is 2.50 bits per heavy atom. The van der Waals surface area contributed by atoms with Crippen molar-refractivity contribution >= 4 is 6.03 Å². The van der Waals surface area contributed by atoms with Gasteiger partial charge in [-0.25, -0.2) is 4.79 Å². The summed E-state index contributed by atoms with van der Waals surface area (Å²) in [5.74, 6) is 0.